The summed E-state index contributed by atoms with van der Waals surface area (Å²) >= 11 is 0. The van der Waals surface area contributed by atoms with E-state index in [2.05, 4.69) is 41.3 Å². The molecule has 4 rings (SSSR count). The van der Waals surface area contributed by atoms with E-state index in [0.29, 0.717) is 13.1 Å². The fourth-order valence-corrected chi connectivity index (χ4v) is 3.51. The second kappa shape index (κ2) is 10.5. The highest BCUT2D eigenvalue weighted by Gasteiger charge is 2.23. The molecule has 0 radical (unpaired) electrons. The number of carbonyl (C=O) groups excluding carboxylic acids is 1. The molecule has 2 N–H and O–H groups in total. The lowest BCUT2D eigenvalue weighted by Crippen LogP contribution is -2.48. The number of carboxylic acids is 2. The van der Waals surface area contributed by atoms with Crippen molar-refractivity contribution in [3.05, 3.63) is 83.7 Å². The molecule has 0 spiro atoms. The third-order valence-electron chi connectivity index (χ3n) is 5.17. The number of halogens is 1. The number of carboxylic acid groups (broad SMARTS) is 2. The molecule has 0 aromatic heterocycles. The molecule has 0 unspecified atom stereocenters. The normalized spacial score (nSPS) is 13.8. The number of fused-ring (bicyclic) bond motifs is 1. The molecule has 0 atom stereocenters. The molecule has 166 valence electrons. The van der Waals surface area contributed by atoms with Crippen LogP contribution in [0, 0.1) is 5.82 Å². The molecule has 1 aliphatic rings. The Labute approximate surface area is 184 Å². The van der Waals surface area contributed by atoms with E-state index >= 15 is 0 Å². The number of nitrogens with zero attached hydrogens (tertiary/aromatic N) is 2. The van der Waals surface area contributed by atoms with Crippen LogP contribution in [-0.2, 0) is 16.1 Å². The number of hydrogen-bond donors (Lipinski definition) is 2. The number of amides is 1. The van der Waals surface area contributed by atoms with Crippen LogP contribution in [0.5, 0.6) is 0 Å². The van der Waals surface area contributed by atoms with Crippen LogP contribution in [0.3, 0.4) is 0 Å². The van der Waals surface area contributed by atoms with Gasteiger partial charge in [-0.3, -0.25) is 9.69 Å². The van der Waals surface area contributed by atoms with Gasteiger partial charge in [0.1, 0.15) is 5.82 Å². The molecule has 0 aliphatic carbocycles. The van der Waals surface area contributed by atoms with Crippen molar-refractivity contribution in [3.63, 3.8) is 0 Å². The van der Waals surface area contributed by atoms with Crippen LogP contribution in [0.1, 0.15) is 15.9 Å². The highest BCUT2D eigenvalue weighted by atomic mass is 19.1. The minimum absolute atomic E-state index is 0.162. The molecule has 0 bridgehead atoms. The van der Waals surface area contributed by atoms with Crippen molar-refractivity contribution in [2.24, 2.45) is 0 Å². The second-order valence-corrected chi connectivity index (χ2v) is 7.34. The SMILES string of the molecule is O=C(O)C(=O)O.O=C(c1ccccc1F)N1CCN(Cc2ccc3ccccc3c2)CC1. The summed E-state index contributed by atoms with van der Waals surface area (Å²) in [5.74, 6) is -4.31. The molecule has 1 fully saturated rings. The summed E-state index contributed by atoms with van der Waals surface area (Å²) < 4.78 is 13.8. The predicted molar refractivity (Wildman–Crippen MR) is 117 cm³/mol. The number of piperazine rings is 1. The highest BCUT2D eigenvalue weighted by molar-refractivity contribution is 6.27. The summed E-state index contributed by atoms with van der Waals surface area (Å²) in [5.41, 5.74) is 1.44. The van der Waals surface area contributed by atoms with E-state index in [1.165, 1.54) is 22.4 Å². The first-order valence-corrected chi connectivity index (χ1v) is 10.0. The smallest absolute Gasteiger partial charge is 0.414 e. The van der Waals surface area contributed by atoms with Crippen LogP contribution in [0.25, 0.3) is 10.8 Å². The molecule has 8 heteroatoms. The standard InChI is InChI=1S/C22H21FN2O.C2H2O4/c23-21-8-4-3-7-20(21)22(26)25-13-11-24(12-14-25)16-17-9-10-18-5-1-2-6-19(18)15-17;3-1(4)2(5)6/h1-10,15H,11-14,16H2;(H,3,4)(H,5,6). The lowest BCUT2D eigenvalue weighted by Gasteiger charge is -2.34. The van der Waals surface area contributed by atoms with Crippen LogP contribution < -0.4 is 0 Å². The number of benzene rings is 3. The molecule has 1 saturated heterocycles. The Hall–Kier alpha value is -3.78. The highest BCUT2D eigenvalue weighted by Crippen LogP contribution is 2.18. The average molecular weight is 438 g/mol. The van der Waals surface area contributed by atoms with Crippen LogP contribution in [0.4, 0.5) is 4.39 Å². The van der Waals surface area contributed by atoms with E-state index in [1.54, 1.807) is 23.1 Å². The summed E-state index contributed by atoms with van der Waals surface area (Å²) in [4.78, 5) is 34.8. The quantitative estimate of drug-likeness (QED) is 0.610. The van der Waals surface area contributed by atoms with Crippen molar-refractivity contribution < 1.29 is 29.0 Å². The van der Waals surface area contributed by atoms with E-state index < -0.39 is 17.8 Å². The molecule has 3 aromatic carbocycles. The zero-order valence-electron chi connectivity index (χ0n) is 17.3. The van der Waals surface area contributed by atoms with Crippen LogP contribution >= 0.6 is 0 Å². The Morgan fingerprint density at radius 1 is 0.781 bits per heavy atom. The summed E-state index contributed by atoms with van der Waals surface area (Å²) in [6.07, 6.45) is 0. The maximum atomic E-state index is 13.8. The molecule has 7 nitrogen and oxygen atoms in total. The van der Waals surface area contributed by atoms with Gasteiger partial charge in [-0.05, 0) is 34.5 Å². The largest absolute Gasteiger partial charge is 0.473 e. The minimum Gasteiger partial charge on any atom is -0.473 e. The zero-order valence-corrected chi connectivity index (χ0v) is 17.3. The molecular weight excluding hydrogens is 415 g/mol. The summed E-state index contributed by atoms with van der Waals surface area (Å²) in [5, 5.41) is 17.3. The van der Waals surface area contributed by atoms with Gasteiger partial charge in [0.05, 0.1) is 5.56 Å². The van der Waals surface area contributed by atoms with Gasteiger partial charge >= 0.3 is 11.9 Å². The fourth-order valence-electron chi connectivity index (χ4n) is 3.51. The Balaban J connectivity index is 0.000000427. The Morgan fingerprint density at radius 3 is 2.00 bits per heavy atom. The van der Waals surface area contributed by atoms with Gasteiger partial charge in [-0.15, -0.1) is 0 Å². The fraction of sp³-hybridized carbons (Fsp3) is 0.208. The maximum absolute atomic E-state index is 13.8. The van der Waals surface area contributed by atoms with E-state index in [9.17, 15) is 9.18 Å². The molecule has 0 saturated carbocycles. The average Bonchev–Trinajstić information content (AvgIpc) is 2.80. The van der Waals surface area contributed by atoms with E-state index in [-0.39, 0.29) is 11.5 Å². The van der Waals surface area contributed by atoms with E-state index in [1.807, 2.05) is 6.07 Å². The topological polar surface area (TPSA) is 98.1 Å². The molecule has 1 amide bonds. The summed E-state index contributed by atoms with van der Waals surface area (Å²) in [6, 6.07) is 21.1. The lowest BCUT2D eigenvalue weighted by atomic mass is 10.1. The molecule has 1 aliphatic heterocycles. The van der Waals surface area contributed by atoms with Gasteiger partial charge in [-0.1, -0.05) is 48.5 Å². The number of hydrogen-bond acceptors (Lipinski definition) is 4. The van der Waals surface area contributed by atoms with Gasteiger partial charge < -0.3 is 15.1 Å². The summed E-state index contributed by atoms with van der Waals surface area (Å²) in [7, 11) is 0. The summed E-state index contributed by atoms with van der Waals surface area (Å²) in [6.45, 7) is 3.72. The second-order valence-electron chi connectivity index (χ2n) is 7.34. The number of carbonyl (C=O) groups is 3. The third kappa shape index (κ3) is 5.89. The Bertz CT molecular complexity index is 1110. The van der Waals surface area contributed by atoms with Gasteiger partial charge in [0.25, 0.3) is 5.91 Å². The maximum Gasteiger partial charge on any atom is 0.414 e. The van der Waals surface area contributed by atoms with Crippen molar-refractivity contribution >= 4 is 28.6 Å². The molecule has 32 heavy (non-hydrogen) atoms. The molecule has 3 aromatic rings. The number of rotatable bonds is 3. The van der Waals surface area contributed by atoms with Gasteiger partial charge in [0.15, 0.2) is 0 Å². The van der Waals surface area contributed by atoms with Crippen molar-refractivity contribution in [1.82, 2.24) is 9.80 Å². The lowest BCUT2D eigenvalue weighted by molar-refractivity contribution is -0.159. The third-order valence-corrected chi connectivity index (χ3v) is 5.17. The van der Waals surface area contributed by atoms with Gasteiger partial charge in [-0.2, -0.15) is 0 Å². The van der Waals surface area contributed by atoms with Crippen molar-refractivity contribution in [3.8, 4) is 0 Å². The van der Waals surface area contributed by atoms with Crippen molar-refractivity contribution in [2.75, 3.05) is 26.2 Å². The number of aliphatic carboxylic acids is 2. The van der Waals surface area contributed by atoms with Crippen LogP contribution in [0.15, 0.2) is 66.7 Å². The van der Waals surface area contributed by atoms with E-state index in [4.69, 9.17) is 19.8 Å². The van der Waals surface area contributed by atoms with Crippen molar-refractivity contribution in [2.45, 2.75) is 6.54 Å². The van der Waals surface area contributed by atoms with Crippen LogP contribution in [0.2, 0.25) is 0 Å². The predicted octanol–water partition coefficient (Wildman–Crippen LogP) is 3.09. The molecule has 1 heterocycles. The molecular formula is C24H23FN2O5. The van der Waals surface area contributed by atoms with Gasteiger partial charge in [0, 0.05) is 32.7 Å². The van der Waals surface area contributed by atoms with E-state index in [0.717, 1.165) is 19.6 Å². The zero-order chi connectivity index (χ0) is 23.1. The monoisotopic (exact) mass is 438 g/mol. The van der Waals surface area contributed by atoms with Crippen LogP contribution in [-0.4, -0.2) is 64.0 Å². The minimum atomic E-state index is -1.82. The first kappa shape index (κ1) is 22.9. The first-order valence-electron chi connectivity index (χ1n) is 10.0. The van der Waals surface area contributed by atoms with Crippen molar-refractivity contribution in [1.29, 1.82) is 0 Å². The van der Waals surface area contributed by atoms with Gasteiger partial charge in [-0.25, -0.2) is 14.0 Å². The van der Waals surface area contributed by atoms with Gasteiger partial charge in [0.2, 0.25) is 0 Å². The Kier molecular flexibility index (Phi) is 7.51. The Morgan fingerprint density at radius 2 is 1.38 bits per heavy atom. The first-order chi connectivity index (χ1) is 15.3.